The van der Waals surface area contributed by atoms with E-state index in [1.807, 2.05) is 76.6 Å². The number of aryl methyl sites for hydroxylation is 2. The molecule has 0 amide bonds. The topological polar surface area (TPSA) is 86.5 Å². The Balaban J connectivity index is 1.89. The quantitative estimate of drug-likeness (QED) is 0.453. The minimum absolute atomic E-state index is 0.245. The van der Waals surface area contributed by atoms with Crippen molar-refractivity contribution >= 4 is 16.9 Å². The molecular weight excluding hydrogens is 418 g/mol. The Bertz CT molecular complexity index is 1590. The van der Waals surface area contributed by atoms with Crippen molar-refractivity contribution in [2.24, 2.45) is 14.1 Å². The molecule has 5 aromatic rings. The molecule has 5 rings (SSSR count). The van der Waals surface area contributed by atoms with Gasteiger partial charge in [0.2, 0.25) is 5.78 Å². The van der Waals surface area contributed by atoms with Gasteiger partial charge in [0.1, 0.15) is 0 Å². The SMILES string of the molecule is CCc1c(-c2ccccc2)n(C[C@@H](O)c2ccccc2)c2nc3c(c(=O)n(C)c(=O)n3C)n12. The molecule has 33 heavy (non-hydrogen) atoms. The maximum Gasteiger partial charge on any atom is 0.332 e. The van der Waals surface area contributed by atoms with Crippen LogP contribution in [0.3, 0.4) is 0 Å². The van der Waals surface area contributed by atoms with Gasteiger partial charge in [-0.15, -0.1) is 0 Å². The molecule has 0 aliphatic rings. The van der Waals surface area contributed by atoms with Gasteiger partial charge in [0.05, 0.1) is 24.0 Å². The summed E-state index contributed by atoms with van der Waals surface area (Å²) in [6.07, 6.45) is -0.145. The van der Waals surface area contributed by atoms with Crippen molar-refractivity contribution in [3.05, 3.63) is 92.8 Å². The summed E-state index contributed by atoms with van der Waals surface area (Å²) < 4.78 is 6.30. The van der Waals surface area contributed by atoms with E-state index < -0.39 is 17.4 Å². The molecule has 0 aliphatic carbocycles. The molecule has 168 valence electrons. The predicted octanol–water partition coefficient (Wildman–Crippen LogP) is 2.65. The lowest BCUT2D eigenvalue weighted by atomic mass is 10.1. The highest BCUT2D eigenvalue weighted by atomic mass is 16.3. The molecule has 0 unspecified atom stereocenters. The second kappa shape index (κ2) is 7.90. The summed E-state index contributed by atoms with van der Waals surface area (Å²) in [5.74, 6) is 0.522. The van der Waals surface area contributed by atoms with Gasteiger partial charge in [0, 0.05) is 19.7 Å². The highest BCUT2D eigenvalue weighted by molar-refractivity contribution is 5.80. The fraction of sp³-hybridized carbons (Fsp3) is 0.240. The zero-order chi connectivity index (χ0) is 23.3. The average Bonchev–Trinajstić information content (AvgIpc) is 3.37. The highest BCUT2D eigenvalue weighted by Crippen LogP contribution is 2.32. The molecule has 0 aliphatic heterocycles. The maximum atomic E-state index is 13.2. The van der Waals surface area contributed by atoms with Crippen LogP contribution in [0, 0.1) is 0 Å². The van der Waals surface area contributed by atoms with Crippen LogP contribution in [-0.2, 0) is 27.1 Å². The monoisotopic (exact) mass is 443 g/mol. The molecule has 8 heteroatoms. The predicted molar refractivity (Wildman–Crippen MR) is 127 cm³/mol. The number of fused-ring (bicyclic) bond motifs is 3. The second-order valence-electron chi connectivity index (χ2n) is 8.18. The first-order valence-corrected chi connectivity index (χ1v) is 10.9. The number of rotatable bonds is 5. The van der Waals surface area contributed by atoms with E-state index in [-0.39, 0.29) is 6.54 Å². The third kappa shape index (κ3) is 3.14. The van der Waals surface area contributed by atoms with Gasteiger partial charge in [-0.2, -0.15) is 4.98 Å². The summed E-state index contributed by atoms with van der Waals surface area (Å²) in [6.45, 7) is 2.27. The second-order valence-corrected chi connectivity index (χ2v) is 8.18. The number of aliphatic hydroxyl groups is 1. The zero-order valence-corrected chi connectivity index (χ0v) is 18.8. The van der Waals surface area contributed by atoms with E-state index in [1.165, 1.54) is 11.6 Å². The number of hydrogen-bond donors (Lipinski definition) is 1. The minimum Gasteiger partial charge on any atom is -0.387 e. The van der Waals surface area contributed by atoms with E-state index in [2.05, 4.69) is 0 Å². The first kappa shape index (κ1) is 21.0. The molecule has 0 saturated heterocycles. The fourth-order valence-electron chi connectivity index (χ4n) is 4.55. The lowest BCUT2D eigenvalue weighted by molar-refractivity contribution is 0.158. The Morgan fingerprint density at radius 1 is 0.939 bits per heavy atom. The highest BCUT2D eigenvalue weighted by Gasteiger charge is 2.26. The first-order chi connectivity index (χ1) is 15.9. The van der Waals surface area contributed by atoms with Gasteiger partial charge in [-0.05, 0) is 12.0 Å². The van der Waals surface area contributed by atoms with Crippen LogP contribution in [0.2, 0.25) is 0 Å². The van der Waals surface area contributed by atoms with Crippen LogP contribution in [0.4, 0.5) is 0 Å². The minimum atomic E-state index is -0.777. The van der Waals surface area contributed by atoms with Gasteiger partial charge in [0.25, 0.3) is 5.56 Å². The van der Waals surface area contributed by atoms with Crippen LogP contribution in [0.15, 0.2) is 70.3 Å². The smallest absolute Gasteiger partial charge is 0.332 e. The Hall–Kier alpha value is -3.91. The van der Waals surface area contributed by atoms with Crippen molar-refractivity contribution in [1.82, 2.24) is 23.1 Å². The molecule has 8 nitrogen and oxygen atoms in total. The van der Waals surface area contributed by atoms with Gasteiger partial charge in [-0.3, -0.25) is 18.3 Å². The molecule has 1 atom stereocenters. The first-order valence-electron chi connectivity index (χ1n) is 10.9. The van der Waals surface area contributed by atoms with Crippen molar-refractivity contribution in [2.45, 2.75) is 26.0 Å². The summed E-state index contributed by atoms with van der Waals surface area (Å²) >= 11 is 0. The molecule has 3 aromatic heterocycles. The number of nitrogens with zero attached hydrogens (tertiary/aromatic N) is 5. The van der Waals surface area contributed by atoms with Crippen LogP contribution >= 0.6 is 0 Å². The van der Waals surface area contributed by atoms with E-state index in [0.717, 1.165) is 27.1 Å². The molecule has 0 radical (unpaired) electrons. The van der Waals surface area contributed by atoms with Crippen LogP contribution in [0.1, 0.15) is 24.3 Å². The van der Waals surface area contributed by atoms with E-state index in [1.54, 1.807) is 7.05 Å². The van der Waals surface area contributed by atoms with Crippen molar-refractivity contribution in [2.75, 3.05) is 0 Å². The number of imidazole rings is 2. The maximum absolute atomic E-state index is 13.2. The summed E-state index contributed by atoms with van der Waals surface area (Å²) in [5, 5.41) is 11.1. The zero-order valence-electron chi connectivity index (χ0n) is 18.8. The van der Waals surface area contributed by atoms with Gasteiger partial charge < -0.3 is 9.67 Å². The van der Waals surface area contributed by atoms with Crippen LogP contribution in [0.5, 0.6) is 0 Å². The van der Waals surface area contributed by atoms with Crippen molar-refractivity contribution in [3.63, 3.8) is 0 Å². The number of aliphatic hydroxyl groups excluding tert-OH is 1. The number of hydrogen-bond acceptors (Lipinski definition) is 4. The summed E-state index contributed by atoms with van der Waals surface area (Å²) in [4.78, 5) is 30.4. The molecule has 0 spiro atoms. The lowest BCUT2D eigenvalue weighted by Gasteiger charge is -2.16. The molecule has 2 aromatic carbocycles. The van der Waals surface area contributed by atoms with E-state index in [0.29, 0.717) is 23.4 Å². The molecule has 0 fully saturated rings. The Morgan fingerprint density at radius 3 is 2.21 bits per heavy atom. The Morgan fingerprint density at radius 2 is 1.58 bits per heavy atom. The van der Waals surface area contributed by atoms with Crippen LogP contribution in [-0.4, -0.2) is 28.2 Å². The number of benzene rings is 2. The van der Waals surface area contributed by atoms with Crippen LogP contribution in [0.25, 0.3) is 28.2 Å². The van der Waals surface area contributed by atoms with Gasteiger partial charge in [0.15, 0.2) is 11.2 Å². The molecule has 0 saturated carbocycles. The van der Waals surface area contributed by atoms with Gasteiger partial charge in [-0.1, -0.05) is 67.6 Å². The van der Waals surface area contributed by atoms with Crippen LogP contribution < -0.4 is 11.2 Å². The third-order valence-corrected chi connectivity index (χ3v) is 6.22. The molecular formula is C25H25N5O3. The van der Waals surface area contributed by atoms with E-state index in [9.17, 15) is 14.7 Å². The van der Waals surface area contributed by atoms with Crippen molar-refractivity contribution in [3.8, 4) is 11.3 Å². The number of aromatic nitrogens is 5. The normalized spacial score (nSPS) is 12.6. The standard InChI is InChI=1S/C25H25N5O3/c1-4-18-20(17-13-9-6-10-14-17)29(15-19(31)16-11-7-5-8-12-16)24-26-22-21(30(18)24)23(32)28(3)25(33)27(22)2/h5-14,19,31H,4,15H2,1-3H3/t19-/m1/s1. The summed E-state index contributed by atoms with van der Waals surface area (Å²) in [5.41, 5.74) is 3.42. The lowest BCUT2D eigenvalue weighted by Crippen LogP contribution is -2.37. The largest absolute Gasteiger partial charge is 0.387 e. The Labute approximate surface area is 189 Å². The van der Waals surface area contributed by atoms with E-state index in [4.69, 9.17) is 4.98 Å². The van der Waals surface area contributed by atoms with E-state index >= 15 is 0 Å². The molecule has 1 N–H and O–H groups in total. The fourth-order valence-corrected chi connectivity index (χ4v) is 4.55. The van der Waals surface area contributed by atoms with Gasteiger partial charge in [-0.25, -0.2) is 4.79 Å². The van der Waals surface area contributed by atoms with Gasteiger partial charge >= 0.3 is 5.69 Å². The average molecular weight is 444 g/mol. The van der Waals surface area contributed by atoms with Crippen molar-refractivity contribution < 1.29 is 5.11 Å². The molecule has 3 heterocycles. The summed E-state index contributed by atoms with van der Waals surface area (Å²) in [6, 6.07) is 19.4. The van der Waals surface area contributed by atoms with Crippen molar-refractivity contribution in [1.29, 1.82) is 0 Å². The third-order valence-electron chi connectivity index (χ3n) is 6.22. The Kier molecular flexibility index (Phi) is 5.02. The molecule has 0 bridgehead atoms. The summed E-state index contributed by atoms with van der Waals surface area (Å²) in [7, 11) is 3.09.